The molecule has 1 aliphatic carbocycles. The van der Waals surface area contributed by atoms with Crippen molar-refractivity contribution in [3.63, 3.8) is 0 Å². The monoisotopic (exact) mass is 488 g/mol. The molecule has 0 saturated heterocycles. The predicted octanol–water partition coefficient (Wildman–Crippen LogP) is 6.25. The third-order valence-electron chi connectivity index (χ3n) is 4.81. The molecule has 2 aliphatic rings. The minimum absolute atomic E-state index is 0.139. The minimum Gasteiger partial charge on any atom is -0.352 e. The molecule has 0 radical (unpaired) electrons. The molecule has 5 heteroatoms. The van der Waals surface area contributed by atoms with Crippen molar-refractivity contribution in [1.82, 2.24) is 10.6 Å². The standard InChI is InChI=1S/C21H18Br2N2S/c22-16-8-4-13(5-9-16)12-15-2-1-3-18-19(24-21(26)25-20(15)18)14-6-10-17(23)11-7-14/h4-12,19H,1-3H2,(H2,24,25,26)/b15-12+. The van der Waals surface area contributed by atoms with Crippen molar-refractivity contribution in [3.05, 3.63) is 85.4 Å². The zero-order valence-electron chi connectivity index (χ0n) is 14.1. The van der Waals surface area contributed by atoms with Gasteiger partial charge in [0.25, 0.3) is 0 Å². The highest BCUT2D eigenvalue weighted by Crippen LogP contribution is 2.38. The van der Waals surface area contributed by atoms with Gasteiger partial charge in [0.1, 0.15) is 0 Å². The molecule has 4 rings (SSSR count). The number of thiocarbonyl (C=S) groups is 1. The molecule has 1 aliphatic heterocycles. The first-order valence-electron chi connectivity index (χ1n) is 8.63. The molecule has 0 saturated carbocycles. The van der Waals surface area contributed by atoms with Crippen molar-refractivity contribution in [3.8, 4) is 0 Å². The van der Waals surface area contributed by atoms with E-state index < -0.39 is 0 Å². The van der Waals surface area contributed by atoms with Gasteiger partial charge in [0, 0.05) is 14.6 Å². The van der Waals surface area contributed by atoms with E-state index >= 15 is 0 Å². The third kappa shape index (κ3) is 3.80. The highest BCUT2D eigenvalue weighted by molar-refractivity contribution is 9.10. The highest BCUT2D eigenvalue weighted by atomic mass is 79.9. The Labute approximate surface area is 176 Å². The van der Waals surface area contributed by atoms with Crippen LogP contribution in [0.3, 0.4) is 0 Å². The van der Waals surface area contributed by atoms with Crippen molar-refractivity contribution in [2.75, 3.05) is 0 Å². The molecule has 0 bridgehead atoms. The third-order valence-corrected chi connectivity index (χ3v) is 6.09. The van der Waals surface area contributed by atoms with Gasteiger partial charge in [-0.3, -0.25) is 0 Å². The van der Waals surface area contributed by atoms with Crippen LogP contribution < -0.4 is 10.6 Å². The maximum Gasteiger partial charge on any atom is 0.171 e. The summed E-state index contributed by atoms with van der Waals surface area (Å²) in [4.78, 5) is 0. The van der Waals surface area contributed by atoms with Crippen LogP contribution in [-0.4, -0.2) is 5.11 Å². The topological polar surface area (TPSA) is 24.1 Å². The van der Waals surface area contributed by atoms with Gasteiger partial charge < -0.3 is 10.6 Å². The van der Waals surface area contributed by atoms with Crippen LogP contribution in [0.2, 0.25) is 0 Å². The summed E-state index contributed by atoms with van der Waals surface area (Å²) < 4.78 is 2.19. The Morgan fingerprint density at radius 3 is 2.27 bits per heavy atom. The summed E-state index contributed by atoms with van der Waals surface area (Å²) in [6.45, 7) is 0. The van der Waals surface area contributed by atoms with E-state index in [1.807, 2.05) is 0 Å². The SMILES string of the molecule is S=C1NC2=C(CCC/C2=C\c2ccc(Br)cc2)C(c2ccc(Br)cc2)N1. The lowest BCUT2D eigenvalue weighted by molar-refractivity contribution is 0.609. The fourth-order valence-corrected chi connectivity index (χ4v) is 4.34. The van der Waals surface area contributed by atoms with Gasteiger partial charge in [-0.2, -0.15) is 0 Å². The highest BCUT2D eigenvalue weighted by Gasteiger charge is 2.30. The van der Waals surface area contributed by atoms with Gasteiger partial charge in [-0.1, -0.05) is 56.1 Å². The molecular weight excluding hydrogens is 472 g/mol. The zero-order chi connectivity index (χ0) is 18.1. The van der Waals surface area contributed by atoms with Crippen LogP contribution in [0.1, 0.15) is 36.4 Å². The summed E-state index contributed by atoms with van der Waals surface area (Å²) in [6, 6.07) is 17.1. The van der Waals surface area contributed by atoms with Crippen LogP contribution >= 0.6 is 44.1 Å². The molecule has 0 fully saturated rings. The molecule has 2 N–H and O–H groups in total. The number of halogens is 2. The lowest BCUT2D eigenvalue weighted by Crippen LogP contribution is -2.45. The largest absolute Gasteiger partial charge is 0.352 e. The smallest absolute Gasteiger partial charge is 0.171 e. The first kappa shape index (κ1) is 18.0. The van der Waals surface area contributed by atoms with E-state index in [0.717, 1.165) is 28.2 Å². The zero-order valence-corrected chi connectivity index (χ0v) is 18.0. The van der Waals surface area contributed by atoms with Gasteiger partial charge in [-0.25, -0.2) is 0 Å². The minimum atomic E-state index is 0.139. The maximum atomic E-state index is 5.51. The molecular formula is C21H18Br2N2S. The van der Waals surface area contributed by atoms with Crippen LogP contribution in [0.15, 0.2) is 74.3 Å². The molecule has 2 nitrogen and oxygen atoms in total. The van der Waals surface area contributed by atoms with E-state index in [2.05, 4.69) is 97.1 Å². The first-order valence-corrected chi connectivity index (χ1v) is 10.6. The molecule has 1 heterocycles. The Bertz CT molecular complexity index is 899. The fraction of sp³-hybridized carbons (Fsp3) is 0.190. The quantitative estimate of drug-likeness (QED) is 0.487. The van der Waals surface area contributed by atoms with Crippen molar-refractivity contribution < 1.29 is 0 Å². The van der Waals surface area contributed by atoms with E-state index in [-0.39, 0.29) is 6.04 Å². The summed E-state index contributed by atoms with van der Waals surface area (Å²) >= 11 is 12.5. The summed E-state index contributed by atoms with van der Waals surface area (Å²) in [6.07, 6.45) is 5.58. The van der Waals surface area contributed by atoms with E-state index in [9.17, 15) is 0 Å². The Hall–Kier alpha value is -1.43. The van der Waals surface area contributed by atoms with Crippen molar-refractivity contribution in [2.24, 2.45) is 0 Å². The van der Waals surface area contributed by atoms with E-state index in [1.165, 1.54) is 28.0 Å². The summed E-state index contributed by atoms with van der Waals surface area (Å²) in [7, 11) is 0. The van der Waals surface area contributed by atoms with E-state index in [4.69, 9.17) is 12.2 Å². The molecule has 132 valence electrons. The van der Waals surface area contributed by atoms with Crippen LogP contribution in [0.25, 0.3) is 6.08 Å². The van der Waals surface area contributed by atoms with Gasteiger partial charge in [0.2, 0.25) is 0 Å². The molecule has 1 atom stereocenters. The number of benzene rings is 2. The lowest BCUT2D eigenvalue weighted by Gasteiger charge is -2.36. The normalized spacial score (nSPS) is 21.2. The lowest BCUT2D eigenvalue weighted by atomic mass is 9.83. The number of hydrogen-bond donors (Lipinski definition) is 2. The van der Waals surface area contributed by atoms with Gasteiger partial charge in [0.05, 0.1) is 6.04 Å². The number of hydrogen-bond acceptors (Lipinski definition) is 1. The average Bonchev–Trinajstić information content (AvgIpc) is 2.64. The number of nitrogens with one attached hydrogen (secondary N) is 2. The number of allylic oxidation sites excluding steroid dienone is 1. The fourth-order valence-electron chi connectivity index (χ4n) is 3.59. The van der Waals surface area contributed by atoms with Crippen molar-refractivity contribution >= 4 is 55.3 Å². The Kier molecular flexibility index (Phi) is 5.30. The molecule has 2 aromatic rings. The second-order valence-electron chi connectivity index (χ2n) is 6.56. The second-order valence-corrected chi connectivity index (χ2v) is 8.80. The summed E-state index contributed by atoms with van der Waals surface area (Å²) in [5, 5.41) is 7.58. The van der Waals surface area contributed by atoms with Gasteiger partial charge >= 0.3 is 0 Å². The average molecular weight is 490 g/mol. The van der Waals surface area contributed by atoms with Gasteiger partial charge in [-0.05, 0) is 84.1 Å². The molecule has 26 heavy (non-hydrogen) atoms. The van der Waals surface area contributed by atoms with Crippen LogP contribution in [-0.2, 0) is 0 Å². The molecule has 0 spiro atoms. The Balaban J connectivity index is 1.75. The van der Waals surface area contributed by atoms with Gasteiger partial charge in [-0.15, -0.1) is 0 Å². The Morgan fingerprint density at radius 1 is 0.923 bits per heavy atom. The first-order chi connectivity index (χ1) is 12.6. The second kappa shape index (κ2) is 7.67. The molecule has 0 aromatic heterocycles. The van der Waals surface area contributed by atoms with Crippen LogP contribution in [0.5, 0.6) is 0 Å². The molecule has 1 unspecified atom stereocenters. The maximum absolute atomic E-state index is 5.51. The number of rotatable bonds is 2. The Morgan fingerprint density at radius 2 is 1.58 bits per heavy atom. The van der Waals surface area contributed by atoms with E-state index in [0.29, 0.717) is 5.11 Å². The summed E-state index contributed by atoms with van der Waals surface area (Å²) in [5.41, 5.74) is 6.39. The predicted molar refractivity (Wildman–Crippen MR) is 119 cm³/mol. The molecule has 2 aromatic carbocycles. The van der Waals surface area contributed by atoms with Crippen molar-refractivity contribution in [2.45, 2.75) is 25.3 Å². The molecule has 0 amide bonds. The van der Waals surface area contributed by atoms with E-state index in [1.54, 1.807) is 0 Å². The summed E-state index contributed by atoms with van der Waals surface area (Å²) in [5.74, 6) is 0. The van der Waals surface area contributed by atoms with Crippen LogP contribution in [0.4, 0.5) is 0 Å². The van der Waals surface area contributed by atoms with Gasteiger partial charge in [0.15, 0.2) is 5.11 Å². The van der Waals surface area contributed by atoms with Crippen LogP contribution in [0, 0.1) is 0 Å². The van der Waals surface area contributed by atoms with Crippen molar-refractivity contribution in [1.29, 1.82) is 0 Å².